The highest BCUT2D eigenvalue weighted by Gasteiger charge is 2.42. The number of nitrogens with two attached hydrogens (primary N) is 1. The number of hydrogen-bond acceptors (Lipinski definition) is 2. The molecule has 0 spiro atoms. The fourth-order valence-corrected chi connectivity index (χ4v) is 1.71. The summed E-state index contributed by atoms with van der Waals surface area (Å²) in [6, 6.07) is 0. The highest BCUT2D eigenvalue weighted by Crippen LogP contribution is 2.38. The van der Waals surface area contributed by atoms with Crippen molar-refractivity contribution in [1.82, 2.24) is 0 Å². The zero-order chi connectivity index (χ0) is 10.8. The average molecular weight is 211 g/mol. The standard InChI is InChI=1S/C8H12F3NO2/c9-8(10,11)5-2-1-3-6(4-5)14-7(12)13/h5-6H,1-4H2,(H2,12,13)/t5-,6+/m0/s1. The predicted molar refractivity (Wildman–Crippen MR) is 42.5 cm³/mol. The largest absolute Gasteiger partial charge is 0.446 e. The number of carbonyl (C=O) groups excluding carboxylic acids is 1. The molecule has 1 amide bonds. The van der Waals surface area contributed by atoms with Gasteiger partial charge in [0, 0.05) is 0 Å². The van der Waals surface area contributed by atoms with Crippen molar-refractivity contribution in [2.75, 3.05) is 0 Å². The lowest BCUT2D eigenvalue weighted by Gasteiger charge is -2.29. The maximum Gasteiger partial charge on any atom is 0.404 e. The monoisotopic (exact) mass is 211 g/mol. The molecule has 2 N–H and O–H groups in total. The first-order chi connectivity index (χ1) is 6.39. The number of alkyl halides is 3. The first-order valence-electron chi connectivity index (χ1n) is 4.42. The molecule has 2 atom stereocenters. The van der Waals surface area contributed by atoms with Crippen molar-refractivity contribution in [3.8, 4) is 0 Å². The zero-order valence-corrected chi connectivity index (χ0v) is 7.51. The van der Waals surface area contributed by atoms with Crippen molar-refractivity contribution >= 4 is 6.09 Å². The molecule has 14 heavy (non-hydrogen) atoms. The van der Waals surface area contributed by atoms with Gasteiger partial charge in [-0.05, 0) is 25.7 Å². The third kappa shape index (κ3) is 3.08. The minimum atomic E-state index is -4.19. The van der Waals surface area contributed by atoms with Crippen molar-refractivity contribution in [1.29, 1.82) is 0 Å². The number of ether oxygens (including phenoxy) is 1. The van der Waals surface area contributed by atoms with Crippen molar-refractivity contribution < 1.29 is 22.7 Å². The third-order valence-electron chi connectivity index (χ3n) is 2.37. The highest BCUT2D eigenvalue weighted by molar-refractivity contribution is 5.64. The van der Waals surface area contributed by atoms with Crippen LogP contribution in [0.1, 0.15) is 25.7 Å². The Bertz CT molecular complexity index is 217. The van der Waals surface area contributed by atoms with Crippen LogP contribution < -0.4 is 5.73 Å². The number of rotatable bonds is 1. The van der Waals surface area contributed by atoms with Gasteiger partial charge in [-0.25, -0.2) is 4.79 Å². The second-order valence-electron chi connectivity index (χ2n) is 3.46. The molecule has 0 aromatic rings. The molecule has 0 heterocycles. The second kappa shape index (κ2) is 4.06. The number of primary amides is 1. The molecule has 1 rings (SSSR count). The Hall–Kier alpha value is -0.940. The molecule has 0 radical (unpaired) electrons. The Morgan fingerprint density at radius 1 is 1.36 bits per heavy atom. The number of hydrogen-bond donors (Lipinski definition) is 1. The van der Waals surface area contributed by atoms with Crippen molar-refractivity contribution in [3.63, 3.8) is 0 Å². The van der Waals surface area contributed by atoms with Crippen LogP contribution >= 0.6 is 0 Å². The number of halogens is 3. The molecule has 0 aromatic carbocycles. The first-order valence-corrected chi connectivity index (χ1v) is 4.42. The van der Waals surface area contributed by atoms with Gasteiger partial charge in [-0.15, -0.1) is 0 Å². The van der Waals surface area contributed by atoms with Gasteiger partial charge in [-0.2, -0.15) is 13.2 Å². The quantitative estimate of drug-likeness (QED) is 0.722. The molecule has 3 nitrogen and oxygen atoms in total. The van der Waals surface area contributed by atoms with E-state index >= 15 is 0 Å². The Balaban J connectivity index is 2.48. The van der Waals surface area contributed by atoms with E-state index in [-0.39, 0.29) is 12.8 Å². The summed E-state index contributed by atoms with van der Waals surface area (Å²) in [6.07, 6.45) is -5.03. The number of carbonyl (C=O) groups is 1. The first kappa shape index (κ1) is 11.1. The molecule has 0 aliphatic heterocycles. The molecule has 1 aliphatic carbocycles. The molecule has 0 saturated heterocycles. The van der Waals surface area contributed by atoms with Gasteiger partial charge in [-0.1, -0.05) is 0 Å². The number of amides is 1. The summed E-state index contributed by atoms with van der Waals surface area (Å²) in [5.74, 6) is -1.36. The van der Waals surface area contributed by atoms with Gasteiger partial charge in [0.2, 0.25) is 0 Å². The van der Waals surface area contributed by atoms with Gasteiger partial charge in [0.15, 0.2) is 0 Å². The van der Waals surface area contributed by atoms with Crippen LogP contribution in [0.2, 0.25) is 0 Å². The Morgan fingerprint density at radius 3 is 2.50 bits per heavy atom. The molecule has 0 bridgehead atoms. The van der Waals surface area contributed by atoms with Crippen LogP contribution in [0.15, 0.2) is 0 Å². The molecule has 1 aliphatic rings. The van der Waals surface area contributed by atoms with E-state index < -0.39 is 24.3 Å². The van der Waals surface area contributed by atoms with Crippen LogP contribution in [0.4, 0.5) is 18.0 Å². The summed E-state index contributed by atoms with van der Waals surface area (Å²) in [5, 5.41) is 0. The minimum absolute atomic E-state index is 0.113. The van der Waals surface area contributed by atoms with Gasteiger partial charge >= 0.3 is 12.3 Å². The SMILES string of the molecule is NC(=O)O[C@@H]1CCC[C@H](C(F)(F)F)C1. The van der Waals surface area contributed by atoms with Crippen molar-refractivity contribution in [2.45, 2.75) is 38.0 Å². The van der Waals surface area contributed by atoms with Gasteiger partial charge < -0.3 is 10.5 Å². The molecule has 1 saturated carbocycles. The summed E-state index contributed by atoms with van der Waals surface area (Å²) in [5.41, 5.74) is 4.74. The maximum absolute atomic E-state index is 12.3. The Kier molecular flexibility index (Phi) is 3.23. The zero-order valence-electron chi connectivity index (χ0n) is 7.51. The van der Waals surface area contributed by atoms with Gasteiger partial charge in [0.25, 0.3) is 0 Å². The highest BCUT2D eigenvalue weighted by atomic mass is 19.4. The van der Waals surface area contributed by atoms with Crippen LogP contribution in [-0.4, -0.2) is 18.4 Å². The minimum Gasteiger partial charge on any atom is -0.446 e. The second-order valence-corrected chi connectivity index (χ2v) is 3.46. The average Bonchev–Trinajstić information content (AvgIpc) is 2.01. The van der Waals surface area contributed by atoms with Crippen LogP contribution in [0.3, 0.4) is 0 Å². The van der Waals surface area contributed by atoms with E-state index in [0.29, 0.717) is 12.8 Å². The van der Waals surface area contributed by atoms with E-state index in [4.69, 9.17) is 5.73 Å². The van der Waals surface area contributed by atoms with Gasteiger partial charge in [0.05, 0.1) is 5.92 Å². The van der Waals surface area contributed by atoms with Crippen molar-refractivity contribution in [3.05, 3.63) is 0 Å². The molecule has 82 valence electrons. The molecule has 1 fully saturated rings. The van der Waals surface area contributed by atoms with E-state index in [1.165, 1.54) is 0 Å². The van der Waals surface area contributed by atoms with Crippen LogP contribution in [0.25, 0.3) is 0 Å². The van der Waals surface area contributed by atoms with E-state index in [9.17, 15) is 18.0 Å². The molecular weight excluding hydrogens is 199 g/mol. The fraction of sp³-hybridized carbons (Fsp3) is 0.875. The summed E-state index contributed by atoms with van der Waals surface area (Å²) >= 11 is 0. The van der Waals surface area contributed by atoms with Gasteiger partial charge in [0.1, 0.15) is 6.10 Å². The lowest BCUT2D eigenvalue weighted by Crippen LogP contribution is -2.34. The van der Waals surface area contributed by atoms with Crippen LogP contribution in [0, 0.1) is 5.92 Å². The summed E-state index contributed by atoms with van der Waals surface area (Å²) in [6.45, 7) is 0. The van der Waals surface area contributed by atoms with Crippen molar-refractivity contribution in [2.24, 2.45) is 11.7 Å². The Labute approximate surface area is 79.4 Å². The normalized spacial score (nSPS) is 28.5. The van der Waals surface area contributed by atoms with E-state index in [1.807, 2.05) is 0 Å². The fourth-order valence-electron chi connectivity index (χ4n) is 1.71. The van der Waals surface area contributed by atoms with E-state index in [1.54, 1.807) is 0 Å². The Morgan fingerprint density at radius 2 is 2.00 bits per heavy atom. The lowest BCUT2D eigenvalue weighted by atomic mass is 9.87. The molecule has 6 heteroatoms. The lowest BCUT2D eigenvalue weighted by molar-refractivity contribution is -0.189. The van der Waals surface area contributed by atoms with Crippen LogP contribution in [-0.2, 0) is 4.74 Å². The van der Waals surface area contributed by atoms with E-state index in [0.717, 1.165) is 0 Å². The molecule has 0 aromatic heterocycles. The maximum atomic E-state index is 12.3. The molecular formula is C8H12F3NO2. The molecule has 0 unspecified atom stereocenters. The topological polar surface area (TPSA) is 52.3 Å². The predicted octanol–water partition coefficient (Wildman–Crippen LogP) is 2.20. The smallest absolute Gasteiger partial charge is 0.404 e. The van der Waals surface area contributed by atoms with Crippen LogP contribution in [0.5, 0.6) is 0 Å². The van der Waals surface area contributed by atoms with E-state index in [2.05, 4.69) is 4.74 Å². The third-order valence-corrected chi connectivity index (χ3v) is 2.37. The summed E-state index contributed by atoms with van der Waals surface area (Å²) in [4.78, 5) is 10.3. The summed E-state index contributed by atoms with van der Waals surface area (Å²) in [7, 11) is 0. The summed E-state index contributed by atoms with van der Waals surface area (Å²) < 4.78 is 41.4. The van der Waals surface area contributed by atoms with Gasteiger partial charge in [-0.3, -0.25) is 0 Å².